The normalized spacial score (nSPS) is 14.7. The molecule has 1 aliphatic rings. The molecule has 8 heteroatoms. The van der Waals surface area contributed by atoms with E-state index in [1.165, 1.54) is 30.5 Å². The third kappa shape index (κ3) is 5.33. The van der Waals surface area contributed by atoms with Crippen molar-refractivity contribution in [3.05, 3.63) is 71.9 Å². The second kappa shape index (κ2) is 9.07. The van der Waals surface area contributed by atoms with Gasteiger partial charge < -0.3 is 14.6 Å². The molecular weight excluding hydrogens is 399 g/mol. The molecule has 1 fully saturated rings. The molecule has 31 heavy (non-hydrogen) atoms. The van der Waals surface area contributed by atoms with Crippen LogP contribution < -0.4 is 10.1 Å². The monoisotopic (exact) mass is 422 g/mol. The first-order valence-electron chi connectivity index (χ1n) is 10.2. The SMILES string of the molecule is CC(C)C(NC(=O)/C=C/c1ccc(Oc2cccnc2)c(F)c1)c1nc(C2CC2)no1. The molecule has 2 aromatic heterocycles. The number of rotatable bonds is 8. The molecule has 0 saturated heterocycles. The van der Waals surface area contributed by atoms with E-state index in [0.717, 1.165) is 12.8 Å². The lowest BCUT2D eigenvalue weighted by molar-refractivity contribution is -0.117. The van der Waals surface area contributed by atoms with E-state index in [1.807, 2.05) is 13.8 Å². The van der Waals surface area contributed by atoms with Gasteiger partial charge in [0.1, 0.15) is 11.8 Å². The number of aromatic nitrogens is 3. The van der Waals surface area contributed by atoms with E-state index in [1.54, 1.807) is 24.4 Å². The Morgan fingerprint density at radius 1 is 1.32 bits per heavy atom. The number of nitrogens with one attached hydrogen (secondary N) is 1. The molecule has 7 nitrogen and oxygen atoms in total. The van der Waals surface area contributed by atoms with E-state index in [2.05, 4.69) is 20.4 Å². The summed E-state index contributed by atoms with van der Waals surface area (Å²) in [6.45, 7) is 3.93. The predicted octanol–water partition coefficient (Wildman–Crippen LogP) is 4.80. The van der Waals surface area contributed by atoms with Crippen molar-refractivity contribution >= 4 is 12.0 Å². The van der Waals surface area contributed by atoms with Gasteiger partial charge in [-0.05, 0) is 54.7 Å². The fourth-order valence-electron chi connectivity index (χ4n) is 3.01. The van der Waals surface area contributed by atoms with Crippen LogP contribution in [0.3, 0.4) is 0 Å². The maximum Gasteiger partial charge on any atom is 0.249 e. The maximum absolute atomic E-state index is 14.4. The van der Waals surface area contributed by atoms with Crippen LogP contribution in [-0.2, 0) is 4.79 Å². The van der Waals surface area contributed by atoms with Gasteiger partial charge in [-0.2, -0.15) is 4.98 Å². The number of carbonyl (C=O) groups is 1. The zero-order valence-electron chi connectivity index (χ0n) is 17.3. The van der Waals surface area contributed by atoms with Crippen LogP contribution in [-0.4, -0.2) is 21.0 Å². The summed E-state index contributed by atoms with van der Waals surface area (Å²) in [5, 5.41) is 6.90. The molecular formula is C23H23FN4O3. The second-order valence-corrected chi connectivity index (χ2v) is 7.81. The molecule has 1 N–H and O–H groups in total. The third-order valence-electron chi connectivity index (χ3n) is 4.88. The lowest BCUT2D eigenvalue weighted by atomic mass is 10.0. The maximum atomic E-state index is 14.4. The van der Waals surface area contributed by atoms with Crippen LogP contribution in [0.2, 0.25) is 0 Å². The lowest BCUT2D eigenvalue weighted by Crippen LogP contribution is -2.30. The molecule has 0 radical (unpaired) electrons. The van der Waals surface area contributed by atoms with E-state index in [0.29, 0.717) is 28.9 Å². The molecule has 2 heterocycles. The van der Waals surface area contributed by atoms with Gasteiger partial charge in [-0.1, -0.05) is 25.1 Å². The number of pyridine rings is 1. The Hall–Kier alpha value is -3.55. The summed E-state index contributed by atoms with van der Waals surface area (Å²) in [6.07, 6.45) is 8.14. The first-order valence-corrected chi connectivity index (χ1v) is 10.2. The van der Waals surface area contributed by atoms with Crippen molar-refractivity contribution in [2.75, 3.05) is 0 Å². The Morgan fingerprint density at radius 2 is 2.16 bits per heavy atom. The van der Waals surface area contributed by atoms with E-state index in [9.17, 15) is 9.18 Å². The van der Waals surface area contributed by atoms with E-state index in [4.69, 9.17) is 9.26 Å². The van der Waals surface area contributed by atoms with Crippen LogP contribution in [0.25, 0.3) is 6.08 Å². The molecule has 0 bridgehead atoms. The Morgan fingerprint density at radius 3 is 2.84 bits per heavy atom. The Balaban J connectivity index is 1.39. The Kier molecular flexibility index (Phi) is 6.06. The van der Waals surface area contributed by atoms with Gasteiger partial charge in [-0.25, -0.2) is 4.39 Å². The van der Waals surface area contributed by atoms with Crippen LogP contribution >= 0.6 is 0 Å². The fraction of sp³-hybridized carbons (Fsp3) is 0.304. The largest absolute Gasteiger partial charge is 0.453 e. The van der Waals surface area contributed by atoms with Crippen molar-refractivity contribution in [2.45, 2.75) is 38.6 Å². The minimum absolute atomic E-state index is 0.0613. The highest BCUT2D eigenvalue weighted by atomic mass is 19.1. The molecule has 160 valence electrons. The summed E-state index contributed by atoms with van der Waals surface area (Å²) in [6, 6.07) is 7.47. The predicted molar refractivity (Wildman–Crippen MR) is 112 cm³/mol. The van der Waals surface area contributed by atoms with Crippen LogP contribution in [0, 0.1) is 11.7 Å². The number of halogens is 1. The average Bonchev–Trinajstić information content (AvgIpc) is 3.50. The summed E-state index contributed by atoms with van der Waals surface area (Å²) in [5.41, 5.74) is 0.529. The summed E-state index contributed by atoms with van der Waals surface area (Å²) in [7, 11) is 0. The second-order valence-electron chi connectivity index (χ2n) is 7.81. The van der Waals surface area contributed by atoms with Crippen molar-refractivity contribution < 1.29 is 18.4 Å². The number of nitrogens with zero attached hydrogens (tertiary/aromatic N) is 3. The zero-order chi connectivity index (χ0) is 21.8. The minimum atomic E-state index is -0.537. The number of hydrogen-bond donors (Lipinski definition) is 1. The van der Waals surface area contributed by atoms with E-state index < -0.39 is 11.9 Å². The lowest BCUT2D eigenvalue weighted by Gasteiger charge is -2.17. The van der Waals surface area contributed by atoms with Crippen molar-refractivity contribution in [2.24, 2.45) is 5.92 Å². The molecule has 1 aliphatic carbocycles. The molecule has 0 spiro atoms. The highest BCUT2D eigenvalue weighted by molar-refractivity contribution is 5.91. The highest BCUT2D eigenvalue weighted by Gasteiger charge is 2.31. The standard InChI is InChI=1S/C23H23FN4O3/c1-14(2)21(23-27-22(28-31-23)16-7-8-16)26-20(29)10-6-15-5-9-19(18(24)12-15)30-17-4-3-11-25-13-17/h3-6,9-14,16,21H,7-8H2,1-2H3,(H,26,29)/b10-6+. The summed E-state index contributed by atoms with van der Waals surface area (Å²) >= 11 is 0. The quantitative estimate of drug-likeness (QED) is 0.525. The number of amides is 1. The van der Waals surface area contributed by atoms with Gasteiger partial charge >= 0.3 is 0 Å². The number of hydrogen-bond acceptors (Lipinski definition) is 6. The topological polar surface area (TPSA) is 90.1 Å². The van der Waals surface area contributed by atoms with Crippen molar-refractivity contribution in [3.63, 3.8) is 0 Å². The molecule has 4 rings (SSSR count). The first kappa shape index (κ1) is 20.7. The third-order valence-corrected chi connectivity index (χ3v) is 4.88. The Bertz CT molecular complexity index is 1080. The van der Waals surface area contributed by atoms with Gasteiger partial charge in [-0.15, -0.1) is 0 Å². The van der Waals surface area contributed by atoms with Gasteiger partial charge in [0, 0.05) is 18.2 Å². The van der Waals surface area contributed by atoms with Crippen molar-refractivity contribution in [3.8, 4) is 11.5 Å². The number of carbonyl (C=O) groups excluding carboxylic acids is 1. The number of ether oxygens (including phenoxy) is 1. The van der Waals surface area contributed by atoms with E-state index >= 15 is 0 Å². The van der Waals surface area contributed by atoms with Crippen LogP contribution in [0.5, 0.6) is 11.5 Å². The first-order chi connectivity index (χ1) is 15.0. The van der Waals surface area contributed by atoms with E-state index in [-0.39, 0.29) is 17.6 Å². The van der Waals surface area contributed by atoms with Gasteiger partial charge in [-0.3, -0.25) is 9.78 Å². The molecule has 1 atom stereocenters. The summed E-state index contributed by atoms with van der Waals surface area (Å²) in [5.74, 6) is 1.20. The van der Waals surface area contributed by atoms with Crippen molar-refractivity contribution in [1.29, 1.82) is 0 Å². The van der Waals surface area contributed by atoms with Gasteiger partial charge in [0.15, 0.2) is 17.4 Å². The fourth-order valence-corrected chi connectivity index (χ4v) is 3.01. The zero-order valence-corrected chi connectivity index (χ0v) is 17.3. The van der Waals surface area contributed by atoms with Crippen LogP contribution in [0.15, 0.2) is 53.3 Å². The molecule has 1 saturated carbocycles. The number of benzene rings is 1. The molecule has 1 unspecified atom stereocenters. The molecule has 1 amide bonds. The van der Waals surface area contributed by atoms with Gasteiger partial charge in [0.05, 0.1) is 6.20 Å². The van der Waals surface area contributed by atoms with Crippen LogP contribution in [0.4, 0.5) is 4.39 Å². The highest BCUT2D eigenvalue weighted by Crippen LogP contribution is 2.38. The Labute approximate surface area is 179 Å². The summed E-state index contributed by atoms with van der Waals surface area (Å²) in [4.78, 5) is 20.8. The van der Waals surface area contributed by atoms with Gasteiger partial charge in [0.2, 0.25) is 11.8 Å². The summed E-state index contributed by atoms with van der Waals surface area (Å²) < 4.78 is 25.2. The molecule has 3 aromatic rings. The molecule has 0 aliphatic heterocycles. The van der Waals surface area contributed by atoms with Crippen LogP contribution in [0.1, 0.15) is 55.9 Å². The average molecular weight is 422 g/mol. The molecule has 1 aromatic carbocycles. The minimum Gasteiger partial charge on any atom is -0.453 e. The van der Waals surface area contributed by atoms with Crippen molar-refractivity contribution in [1.82, 2.24) is 20.4 Å². The smallest absolute Gasteiger partial charge is 0.249 e. The van der Waals surface area contributed by atoms with Gasteiger partial charge in [0.25, 0.3) is 0 Å².